The first-order chi connectivity index (χ1) is 13.8. The second-order valence-electron chi connectivity index (χ2n) is 6.63. The van der Waals surface area contributed by atoms with Crippen molar-refractivity contribution in [1.82, 2.24) is 19.7 Å². The molecule has 0 saturated carbocycles. The lowest BCUT2D eigenvalue weighted by Gasteiger charge is -2.25. The third-order valence-electron chi connectivity index (χ3n) is 4.79. The van der Waals surface area contributed by atoms with Gasteiger partial charge in [-0.2, -0.15) is 5.10 Å². The molecule has 0 spiro atoms. The first-order valence-electron chi connectivity index (χ1n) is 8.97. The van der Waals surface area contributed by atoms with E-state index in [2.05, 4.69) is 10.1 Å². The monoisotopic (exact) mass is 432 g/mol. The van der Waals surface area contributed by atoms with E-state index in [9.17, 15) is 13.2 Å². The predicted molar refractivity (Wildman–Crippen MR) is 111 cm³/mol. The molecule has 2 aromatic carbocycles. The fourth-order valence-corrected chi connectivity index (χ4v) is 4.20. The molecule has 0 radical (unpaired) electrons. The van der Waals surface area contributed by atoms with E-state index in [-0.39, 0.29) is 29.0 Å². The molecular weight excluding hydrogens is 412 g/mol. The summed E-state index contributed by atoms with van der Waals surface area (Å²) in [5, 5.41) is 4.54. The average Bonchev–Trinajstić information content (AvgIpc) is 3.26. The van der Waals surface area contributed by atoms with Gasteiger partial charge in [0.15, 0.2) is 9.84 Å². The van der Waals surface area contributed by atoms with Crippen LogP contribution in [-0.2, 0) is 14.6 Å². The standard InChI is InChI=1S/C20H21ClN4O3S/c1-15(16-3-7-18(8-4-16)25-14-22-13-23-25)24(2)20(26)11-12-29(27,28)19-9-5-17(21)6-10-19/h3-10,13-15H,11-12H2,1-2H3/t15-/m0/s1. The Morgan fingerprint density at radius 2 is 1.79 bits per heavy atom. The Labute approximate surface area is 174 Å². The van der Waals surface area contributed by atoms with Gasteiger partial charge in [-0.25, -0.2) is 18.1 Å². The summed E-state index contributed by atoms with van der Waals surface area (Å²) in [6.45, 7) is 1.90. The highest BCUT2D eigenvalue weighted by atomic mass is 35.5. The number of carbonyl (C=O) groups is 1. The molecule has 9 heteroatoms. The van der Waals surface area contributed by atoms with Crippen molar-refractivity contribution >= 4 is 27.3 Å². The molecule has 1 aromatic heterocycles. The van der Waals surface area contributed by atoms with Crippen LogP contribution < -0.4 is 0 Å². The van der Waals surface area contributed by atoms with Crippen molar-refractivity contribution in [3.05, 3.63) is 71.8 Å². The number of hydrogen-bond donors (Lipinski definition) is 0. The highest BCUT2D eigenvalue weighted by Crippen LogP contribution is 2.22. The van der Waals surface area contributed by atoms with Crippen LogP contribution >= 0.6 is 11.6 Å². The maximum Gasteiger partial charge on any atom is 0.223 e. The van der Waals surface area contributed by atoms with Crippen molar-refractivity contribution in [1.29, 1.82) is 0 Å². The van der Waals surface area contributed by atoms with Gasteiger partial charge in [0.1, 0.15) is 12.7 Å². The van der Waals surface area contributed by atoms with Crippen LogP contribution in [0.5, 0.6) is 0 Å². The molecule has 0 unspecified atom stereocenters. The zero-order valence-corrected chi connectivity index (χ0v) is 17.6. The number of aromatic nitrogens is 3. The van der Waals surface area contributed by atoms with E-state index >= 15 is 0 Å². The average molecular weight is 433 g/mol. The Morgan fingerprint density at radius 1 is 1.14 bits per heavy atom. The number of sulfone groups is 1. The van der Waals surface area contributed by atoms with Crippen molar-refractivity contribution in [3.8, 4) is 5.69 Å². The first kappa shape index (κ1) is 21.0. The van der Waals surface area contributed by atoms with Gasteiger partial charge in [-0.3, -0.25) is 4.79 Å². The highest BCUT2D eigenvalue weighted by molar-refractivity contribution is 7.91. The molecule has 0 aliphatic carbocycles. The lowest BCUT2D eigenvalue weighted by molar-refractivity contribution is -0.131. The number of benzene rings is 2. The number of nitrogens with zero attached hydrogens (tertiary/aromatic N) is 4. The third-order valence-corrected chi connectivity index (χ3v) is 6.77. The molecule has 7 nitrogen and oxygen atoms in total. The molecule has 152 valence electrons. The second kappa shape index (κ2) is 8.75. The van der Waals surface area contributed by atoms with Gasteiger partial charge in [-0.05, 0) is 48.9 Å². The first-order valence-corrected chi connectivity index (χ1v) is 11.0. The maximum atomic E-state index is 12.6. The van der Waals surface area contributed by atoms with Crippen LogP contribution in [-0.4, -0.2) is 46.8 Å². The van der Waals surface area contributed by atoms with Gasteiger partial charge in [0, 0.05) is 18.5 Å². The van der Waals surface area contributed by atoms with Crippen LogP contribution in [0.1, 0.15) is 24.9 Å². The van der Waals surface area contributed by atoms with Gasteiger partial charge < -0.3 is 4.90 Å². The minimum absolute atomic E-state index is 0.0944. The predicted octanol–water partition coefficient (Wildman–Crippen LogP) is 3.30. The van der Waals surface area contributed by atoms with E-state index in [0.29, 0.717) is 5.02 Å². The van der Waals surface area contributed by atoms with Gasteiger partial charge in [-0.1, -0.05) is 23.7 Å². The van der Waals surface area contributed by atoms with E-state index in [0.717, 1.165) is 11.3 Å². The minimum Gasteiger partial charge on any atom is -0.339 e. The normalized spacial score (nSPS) is 12.5. The van der Waals surface area contributed by atoms with Crippen LogP contribution in [0.2, 0.25) is 5.02 Å². The minimum atomic E-state index is -3.55. The molecule has 1 atom stereocenters. The summed E-state index contributed by atoms with van der Waals surface area (Å²) in [5.41, 5.74) is 1.80. The van der Waals surface area contributed by atoms with Gasteiger partial charge in [0.05, 0.1) is 22.4 Å². The topological polar surface area (TPSA) is 85.2 Å². The smallest absolute Gasteiger partial charge is 0.223 e. The fourth-order valence-electron chi connectivity index (χ4n) is 2.84. The molecule has 29 heavy (non-hydrogen) atoms. The summed E-state index contributed by atoms with van der Waals surface area (Å²) in [6.07, 6.45) is 2.97. The Hall–Kier alpha value is -2.71. The van der Waals surface area contributed by atoms with E-state index in [1.807, 2.05) is 31.2 Å². The summed E-state index contributed by atoms with van der Waals surface area (Å²) in [7, 11) is -1.87. The van der Waals surface area contributed by atoms with Gasteiger partial charge >= 0.3 is 0 Å². The quantitative estimate of drug-likeness (QED) is 0.571. The Balaban J connectivity index is 1.62. The molecule has 0 N–H and O–H groups in total. The number of carbonyl (C=O) groups excluding carboxylic acids is 1. The summed E-state index contributed by atoms with van der Waals surface area (Å²) in [5.74, 6) is -0.495. The van der Waals surface area contributed by atoms with Crippen molar-refractivity contribution in [3.63, 3.8) is 0 Å². The number of rotatable bonds is 7. The van der Waals surface area contributed by atoms with Gasteiger partial charge in [-0.15, -0.1) is 0 Å². The number of hydrogen-bond acceptors (Lipinski definition) is 5. The van der Waals surface area contributed by atoms with Crippen LogP contribution in [0.15, 0.2) is 66.1 Å². The van der Waals surface area contributed by atoms with Crippen molar-refractivity contribution < 1.29 is 13.2 Å². The maximum absolute atomic E-state index is 12.6. The largest absolute Gasteiger partial charge is 0.339 e. The molecule has 0 saturated heterocycles. The SMILES string of the molecule is C[C@@H](c1ccc(-n2cncn2)cc1)N(C)C(=O)CCS(=O)(=O)c1ccc(Cl)cc1. The third kappa shape index (κ3) is 5.02. The molecule has 0 aliphatic rings. The van der Waals surface area contributed by atoms with E-state index in [1.165, 1.54) is 30.6 Å². The lowest BCUT2D eigenvalue weighted by Crippen LogP contribution is -2.31. The van der Waals surface area contributed by atoms with Crippen LogP contribution in [0.4, 0.5) is 0 Å². The van der Waals surface area contributed by atoms with Crippen molar-refractivity contribution in [2.75, 3.05) is 12.8 Å². The van der Waals surface area contributed by atoms with Crippen molar-refractivity contribution in [2.45, 2.75) is 24.3 Å². The van der Waals surface area contributed by atoms with Gasteiger partial charge in [0.2, 0.25) is 5.91 Å². The molecular formula is C20H21ClN4O3S. The Bertz CT molecular complexity index is 1070. The van der Waals surface area contributed by atoms with Gasteiger partial charge in [0.25, 0.3) is 0 Å². The van der Waals surface area contributed by atoms with E-state index < -0.39 is 9.84 Å². The zero-order valence-electron chi connectivity index (χ0n) is 16.1. The Morgan fingerprint density at radius 3 is 2.38 bits per heavy atom. The molecule has 3 aromatic rings. The summed E-state index contributed by atoms with van der Waals surface area (Å²) >= 11 is 5.80. The summed E-state index contributed by atoms with van der Waals surface area (Å²) < 4.78 is 26.5. The molecule has 1 amide bonds. The molecule has 0 bridgehead atoms. The molecule has 0 fully saturated rings. The summed E-state index contributed by atoms with van der Waals surface area (Å²) in [6, 6.07) is 13.3. The molecule has 3 rings (SSSR count). The molecule has 1 heterocycles. The lowest BCUT2D eigenvalue weighted by atomic mass is 10.1. The van der Waals surface area contributed by atoms with Crippen LogP contribution in [0, 0.1) is 0 Å². The zero-order chi connectivity index (χ0) is 21.0. The second-order valence-corrected chi connectivity index (χ2v) is 9.18. The number of amides is 1. The highest BCUT2D eigenvalue weighted by Gasteiger charge is 2.21. The Kier molecular flexibility index (Phi) is 6.34. The summed E-state index contributed by atoms with van der Waals surface area (Å²) in [4.78, 5) is 18.2. The van der Waals surface area contributed by atoms with Crippen molar-refractivity contribution in [2.24, 2.45) is 0 Å². The fraction of sp³-hybridized carbons (Fsp3) is 0.250. The molecule has 0 aliphatic heterocycles. The van der Waals surface area contributed by atoms with E-state index in [4.69, 9.17) is 11.6 Å². The van der Waals surface area contributed by atoms with Crippen LogP contribution in [0.25, 0.3) is 5.69 Å². The van der Waals surface area contributed by atoms with E-state index in [1.54, 1.807) is 23.0 Å². The van der Waals surface area contributed by atoms with Crippen LogP contribution in [0.3, 0.4) is 0 Å². The number of halogens is 1.